The molecule has 0 radical (unpaired) electrons. The van der Waals surface area contributed by atoms with Crippen LogP contribution in [0.4, 0.5) is 5.69 Å². The van der Waals surface area contributed by atoms with E-state index in [0.717, 1.165) is 49.5 Å². The summed E-state index contributed by atoms with van der Waals surface area (Å²) in [6.45, 7) is 6.08. The molecule has 0 N–H and O–H groups in total. The lowest BCUT2D eigenvalue weighted by molar-refractivity contribution is -0.385. The molecule has 1 aromatic carbocycles. The largest absolute Gasteiger partial charge is 0.300 e. The van der Waals surface area contributed by atoms with E-state index in [1.165, 1.54) is 19.4 Å². The second-order valence-electron chi connectivity index (χ2n) is 7.50. The number of nitro groups is 1. The molecular weight excluding hydrogens is 302 g/mol. The normalized spacial score (nSPS) is 30.1. The van der Waals surface area contributed by atoms with Crippen molar-refractivity contribution in [1.82, 2.24) is 9.80 Å². The molecule has 5 heteroatoms. The quantitative estimate of drug-likeness (QED) is 0.474. The van der Waals surface area contributed by atoms with Crippen LogP contribution in [-0.4, -0.2) is 47.4 Å². The monoisotopic (exact) mass is 327 g/mol. The molecule has 0 aromatic heterocycles. The van der Waals surface area contributed by atoms with Gasteiger partial charge in [0.25, 0.3) is 5.69 Å². The van der Waals surface area contributed by atoms with Gasteiger partial charge in [0, 0.05) is 50.9 Å². The third-order valence-corrected chi connectivity index (χ3v) is 5.96. The van der Waals surface area contributed by atoms with Gasteiger partial charge in [0.05, 0.1) is 4.92 Å². The maximum atomic E-state index is 11.1. The first-order valence-electron chi connectivity index (χ1n) is 9.04. The Kier molecular flexibility index (Phi) is 4.37. The van der Waals surface area contributed by atoms with Gasteiger partial charge in [-0.05, 0) is 30.6 Å². The number of fused-ring (bicyclic) bond motifs is 2. The van der Waals surface area contributed by atoms with E-state index in [4.69, 9.17) is 0 Å². The summed E-state index contributed by atoms with van der Waals surface area (Å²) in [6, 6.07) is 7.12. The minimum absolute atomic E-state index is 0.244. The molecule has 1 saturated carbocycles. The van der Waals surface area contributed by atoms with Gasteiger partial charge in [0.1, 0.15) is 0 Å². The number of nitro benzene ring substituents is 1. The van der Waals surface area contributed by atoms with Gasteiger partial charge in [0.2, 0.25) is 0 Å². The molecule has 1 aliphatic heterocycles. The summed E-state index contributed by atoms with van der Waals surface area (Å²) in [7, 11) is 0. The third-order valence-electron chi connectivity index (χ3n) is 5.96. The van der Waals surface area contributed by atoms with Crippen molar-refractivity contribution in [3.8, 4) is 0 Å². The maximum absolute atomic E-state index is 11.1. The van der Waals surface area contributed by atoms with Crippen molar-refractivity contribution < 1.29 is 4.92 Å². The molecule has 2 fully saturated rings. The number of allylic oxidation sites excluding steroid dienone is 2. The summed E-state index contributed by atoms with van der Waals surface area (Å²) < 4.78 is 0. The number of benzene rings is 1. The first kappa shape index (κ1) is 15.8. The van der Waals surface area contributed by atoms with E-state index in [0.29, 0.717) is 6.54 Å². The van der Waals surface area contributed by atoms with Crippen molar-refractivity contribution in [2.24, 2.45) is 17.8 Å². The van der Waals surface area contributed by atoms with Crippen LogP contribution < -0.4 is 0 Å². The van der Waals surface area contributed by atoms with E-state index in [9.17, 15) is 10.1 Å². The van der Waals surface area contributed by atoms with E-state index < -0.39 is 0 Å². The first-order valence-corrected chi connectivity index (χ1v) is 9.04. The summed E-state index contributed by atoms with van der Waals surface area (Å²) >= 11 is 0. The van der Waals surface area contributed by atoms with Gasteiger partial charge in [-0.25, -0.2) is 0 Å². The summed E-state index contributed by atoms with van der Waals surface area (Å²) in [5.74, 6) is 2.52. The van der Waals surface area contributed by atoms with Crippen molar-refractivity contribution in [2.45, 2.75) is 19.4 Å². The van der Waals surface area contributed by atoms with Crippen LogP contribution in [0.15, 0.2) is 36.4 Å². The molecule has 24 heavy (non-hydrogen) atoms. The Morgan fingerprint density at radius 2 is 1.79 bits per heavy atom. The zero-order chi connectivity index (χ0) is 16.5. The van der Waals surface area contributed by atoms with Gasteiger partial charge in [-0.3, -0.25) is 15.0 Å². The summed E-state index contributed by atoms with van der Waals surface area (Å²) in [5.41, 5.74) is 1.07. The van der Waals surface area contributed by atoms with Crippen LogP contribution in [0.5, 0.6) is 0 Å². The van der Waals surface area contributed by atoms with Gasteiger partial charge in [-0.2, -0.15) is 0 Å². The Bertz CT molecular complexity index is 637. The highest BCUT2D eigenvalue weighted by Crippen LogP contribution is 2.43. The Balaban J connectivity index is 1.29. The van der Waals surface area contributed by atoms with Crippen molar-refractivity contribution in [3.05, 3.63) is 52.1 Å². The molecule has 2 bridgehead atoms. The van der Waals surface area contributed by atoms with E-state index in [-0.39, 0.29) is 10.6 Å². The minimum atomic E-state index is -0.270. The molecule has 5 nitrogen and oxygen atoms in total. The molecule has 0 amide bonds. The second kappa shape index (κ2) is 6.65. The molecule has 0 spiro atoms. The summed E-state index contributed by atoms with van der Waals surface area (Å²) in [5, 5.41) is 11.1. The van der Waals surface area contributed by atoms with E-state index in [1.807, 2.05) is 12.1 Å². The fraction of sp³-hybridized carbons (Fsp3) is 0.579. The number of para-hydroxylation sites is 1. The molecule has 4 rings (SSSR count). The third kappa shape index (κ3) is 3.23. The Hall–Kier alpha value is -1.72. The number of hydrogen-bond donors (Lipinski definition) is 0. The molecular formula is C19H25N3O2. The Morgan fingerprint density at radius 3 is 2.46 bits per heavy atom. The van der Waals surface area contributed by atoms with Crippen LogP contribution in [0, 0.1) is 27.9 Å². The number of piperazine rings is 1. The molecule has 1 heterocycles. The maximum Gasteiger partial charge on any atom is 0.273 e. The van der Waals surface area contributed by atoms with Crippen LogP contribution in [0.3, 0.4) is 0 Å². The predicted octanol–water partition coefficient (Wildman–Crippen LogP) is 2.92. The molecule has 128 valence electrons. The van der Waals surface area contributed by atoms with Gasteiger partial charge in [-0.15, -0.1) is 0 Å². The fourth-order valence-electron chi connectivity index (χ4n) is 4.63. The smallest absolute Gasteiger partial charge is 0.273 e. The molecule has 3 aliphatic rings. The number of nitrogens with zero attached hydrogens (tertiary/aromatic N) is 3. The van der Waals surface area contributed by atoms with Gasteiger partial charge in [-0.1, -0.05) is 30.4 Å². The van der Waals surface area contributed by atoms with E-state index >= 15 is 0 Å². The Labute approximate surface area is 143 Å². The fourth-order valence-corrected chi connectivity index (χ4v) is 4.63. The first-order chi connectivity index (χ1) is 11.7. The average molecular weight is 327 g/mol. The summed E-state index contributed by atoms with van der Waals surface area (Å²) in [4.78, 5) is 15.8. The number of rotatable bonds is 5. The van der Waals surface area contributed by atoms with Crippen molar-refractivity contribution in [2.75, 3.05) is 32.7 Å². The topological polar surface area (TPSA) is 49.6 Å². The average Bonchev–Trinajstić information content (AvgIpc) is 3.20. The van der Waals surface area contributed by atoms with Crippen molar-refractivity contribution in [1.29, 1.82) is 0 Å². The summed E-state index contributed by atoms with van der Waals surface area (Å²) in [6.07, 6.45) is 7.59. The lowest BCUT2D eigenvalue weighted by atomic mass is 9.93. The zero-order valence-corrected chi connectivity index (χ0v) is 14.0. The van der Waals surface area contributed by atoms with Gasteiger partial charge < -0.3 is 4.90 Å². The molecule has 2 aliphatic carbocycles. The zero-order valence-electron chi connectivity index (χ0n) is 14.0. The standard InChI is InChI=1S/C19H25N3O2/c23-22(24)19-4-2-1-3-17(19)13-20-7-9-21(10-8-20)14-18-12-15-5-6-16(18)11-15/h1-6,15-16,18H,7-14H2. The van der Waals surface area contributed by atoms with Crippen LogP contribution in [-0.2, 0) is 6.54 Å². The van der Waals surface area contributed by atoms with E-state index in [1.54, 1.807) is 12.1 Å². The molecule has 1 aromatic rings. The molecule has 3 atom stereocenters. The predicted molar refractivity (Wildman–Crippen MR) is 93.7 cm³/mol. The van der Waals surface area contributed by atoms with E-state index in [2.05, 4.69) is 22.0 Å². The van der Waals surface area contributed by atoms with Crippen LogP contribution in [0.1, 0.15) is 18.4 Å². The second-order valence-corrected chi connectivity index (χ2v) is 7.50. The lowest BCUT2D eigenvalue weighted by Gasteiger charge is -2.36. The lowest BCUT2D eigenvalue weighted by Crippen LogP contribution is -2.47. The highest BCUT2D eigenvalue weighted by Gasteiger charge is 2.36. The number of hydrogen-bond acceptors (Lipinski definition) is 4. The minimum Gasteiger partial charge on any atom is -0.300 e. The van der Waals surface area contributed by atoms with Crippen LogP contribution in [0.2, 0.25) is 0 Å². The molecule has 3 unspecified atom stereocenters. The van der Waals surface area contributed by atoms with Crippen molar-refractivity contribution >= 4 is 5.69 Å². The SMILES string of the molecule is O=[N+]([O-])c1ccccc1CN1CCN(CC2CC3C=CC2C3)CC1. The van der Waals surface area contributed by atoms with Gasteiger partial charge in [0.15, 0.2) is 0 Å². The Morgan fingerprint density at radius 1 is 1.04 bits per heavy atom. The van der Waals surface area contributed by atoms with Gasteiger partial charge >= 0.3 is 0 Å². The highest BCUT2D eigenvalue weighted by molar-refractivity contribution is 5.39. The van der Waals surface area contributed by atoms with Crippen LogP contribution >= 0.6 is 0 Å². The highest BCUT2D eigenvalue weighted by atomic mass is 16.6. The molecule has 1 saturated heterocycles. The van der Waals surface area contributed by atoms with Crippen LogP contribution in [0.25, 0.3) is 0 Å². The van der Waals surface area contributed by atoms with Crippen molar-refractivity contribution in [3.63, 3.8) is 0 Å².